The third-order valence-electron chi connectivity index (χ3n) is 3.14. The van der Waals surface area contributed by atoms with Gasteiger partial charge in [0.1, 0.15) is 4.88 Å². The zero-order chi connectivity index (χ0) is 15.1. The van der Waals surface area contributed by atoms with Crippen molar-refractivity contribution in [2.45, 2.75) is 27.7 Å². The Balaban J connectivity index is 2.37. The fraction of sp³-hybridized carbons (Fsp3) is 0.438. The molecule has 3 nitrogen and oxygen atoms in total. The molecule has 4 heteroatoms. The largest absolute Gasteiger partial charge is 0.397 e. The van der Waals surface area contributed by atoms with Crippen LogP contribution in [-0.4, -0.2) is 24.4 Å². The molecule has 0 aliphatic rings. The number of anilines is 1. The van der Waals surface area contributed by atoms with Crippen LogP contribution in [0.25, 0.3) is 10.1 Å². The lowest BCUT2D eigenvalue weighted by atomic mass is 9.96. The molecule has 1 heterocycles. The number of fused-ring (bicyclic) bond motifs is 1. The second-order valence-corrected chi connectivity index (χ2v) is 7.62. The lowest BCUT2D eigenvalue weighted by Crippen LogP contribution is -2.34. The number of carbonyl (C=O) groups is 1. The molecule has 0 bridgehead atoms. The van der Waals surface area contributed by atoms with Crippen molar-refractivity contribution in [2.24, 2.45) is 5.41 Å². The second kappa shape index (κ2) is 5.09. The monoisotopic (exact) mass is 290 g/mol. The third-order valence-corrected chi connectivity index (χ3v) is 4.29. The first kappa shape index (κ1) is 14.9. The Bertz CT molecular complexity index is 652. The molecule has 2 rings (SSSR count). The average Bonchev–Trinajstić information content (AvgIpc) is 2.63. The molecule has 1 aromatic carbocycles. The van der Waals surface area contributed by atoms with Gasteiger partial charge in [-0.15, -0.1) is 11.3 Å². The van der Waals surface area contributed by atoms with Crippen LogP contribution in [0.15, 0.2) is 18.2 Å². The van der Waals surface area contributed by atoms with Crippen molar-refractivity contribution in [1.29, 1.82) is 0 Å². The molecule has 1 aromatic heterocycles. The van der Waals surface area contributed by atoms with Crippen molar-refractivity contribution < 1.29 is 4.79 Å². The van der Waals surface area contributed by atoms with Gasteiger partial charge in [-0.25, -0.2) is 0 Å². The molecule has 0 unspecified atom stereocenters. The van der Waals surface area contributed by atoms with Crippen molar-refractivity contribution in [3.05, 3.63) is 28.6 Å². The second-order valence-electron chi connectivity index (χ2n) is 6.57. The van der Waals surface area contributed by atoms with Gasteiger partial charge in [-0.1, -0.05) is 32.9 Å². The van der Waals surface area contributed by atoms with E-state index in [0.717, 1.165) is 10.1 Å². The molecule has 0 spiro atoms. The number of nitrogens with two attached hydrogens (primary N) is 1. The van der Waals surface area contributed by atoms with Gasteiger partial charge >= 0.3 is 0 Å². The summed E-state index contributed by atoms with van der Waals surface area (Å²) in [5.41, 5.74) is 8.02. The van der Waals surface area contributed by atoms with E-state index < -0.39 is 0 Å². The maximum atomic E-state index is 12.6. The zero-order valence-electron chi connectivity index (χ0n) is 12.8. The van der Waals surface area contributed by atoms with Gasteiger partial charge in [0.2, 0.25) is 0 Å². The lowest BCUT2D eigenvalue weighted by Gasteiger charge is -2.26. The molecule has 108 valence electrons. The highest BCUT2D eigenvalue weighted by atomic mass is 32.1. The summed E-state index contributed by atoms with van der Waals surface area (Å²) in [6.07, 6.45) is 0. The van der Waals surface area contributed by atoms with Crippen LogP contribution in [0.3, 0.4) is 0 Å². The first-order valence-electron chi connectivity index (χ1n) is 6.73. The summed E-state index contributed by atoms with van der Waals surface area (Å²) in [6.45, 7) is 9.11. The zero-order valence-corrected chi connectivity index (χ0v) is 13.6. The standard InChI is InChI=1S/C16H22N2OS/c1-10-6-7-11-12(8-10)20-14(13(11)17)15(19)18(5)9-16(2,3)4/h6-8H,9,17H2,1-5H3. The van der Waals surface area contributed by atoms with Crippen LogP contribution in [0.1, 0.15) is 36.0 Å². The summed E-state index contributed by atoms with van der Waals surface area (Å²) in [5.74, 6) is 0.0104. The Kier molecular flexibility index (Phi) is 3.78. The van der Waals surface area contributed by atoms with E-state index in [1.54, 1.807) is 4.90 Å². The number of hydrogen-bond donors (Lipinski definition) is 1. The summed E-state index contributed by atoms with van der Waals surface area (Å²) in [6, 6.07) is 6.10. The molecule has 0 aliphatic heterocycles. The lowest BCUT2D eigenvalue weighted by molar-refractivity contribution is 0.0751. The number of nitrogens with zero attached hydrogens (tertiary/aromatic N) is 1. The molecule has 2 aromatic rings. The minimum Gasteiger partial charge on any atom is -0.397 e. The van der Waals surface area contributed by atoms with Crippen molar-refractivity contribution >= 4 is 33.0 Å². The average molecular weight is 290 g/mol. The van der Waals surface area contributed by atoms with Crippen molar-refractivity contribution in [3.63, 3.8) is 0 Å². The highest BCUT2D eigenvalue weighted by Crippen LogP contribution is 2.35. The predicted molar refractivity (Wildman–Crippen MR) is 87.4 cm³/mol. The number of amides is 1. The van der Waals surface area contributed by atoms with Crippen LogP contribution in [0.2, 0.25) is 0 Å². The number of rotatable bonds is 2. The number of aryl methyl sites for hydroxylation is 1. The van der Waals surface area contributed by atoms with Gasteiger partial charge in [-0.3, -0.25) is 4.79 Å². The Morgan fingerprint density at radius 3 is 2.60 bits per heavy atom. The Labute approximate surface area is 124 Å². The maximum Gasteiger partial charge on any atom is 0.265 e. The van der Waals surface area contributed by atoms with Gasteiger partial charge in [-0.2, -0.15) is 0 Å². The molecule has 0 radical (unpaired) electrons. The van der Waals surface area contributed by atoms with Crippen molar-refractivity contribution in [3.8, 4) is 0 Å². The van der Waals surface area contributed by atoms with Crippen LogP contribution in [-0.2, 0) is 0 Å². The van der Waals surface area contributed by atoms with E-state index in [4.69, 9.17) is 5.73 Å². The molecule has 0 fully saturated rings. The van der Waals surface area contributed by atoms with E-state index in [9.17, 15) is 4.79 Å². The number of carbonyl (C=O) groups excluding carboxylic acids is 1. The molecular formula is C16H22N2OS. The maximum absolute atomic E-state index is 12.6. The molecule has 0 atom stereocenters. The van der Waals surface area contributed by atoms with Crippen LogP contribution in [0.4, 0.5) is 5.69 Å². The predicted octanol–water partition coefficient (Wildman–Crippen LogP) is 3.91. The quantitative estimate of drug-likeness (QED) is 0.911. The molecule has 20 heavy (non-hydrogen) atoms. The van der Waals surface area contributed by atoms with Gasteiger partial charge in [0, 0.05) is 23.7 Å². The first-order valence-corrected chi connectivity index (χ1v) is 7.55. The molecular weight excluding hydrogens is 268 g/mol. The van der Waals surface area contributed by atoms with E-state index in [-0.39, 0.29) is 11.3 Å². The molecule has 0 aliphatic carbocycles. The normalized spacial score (nSPS) is 11.8. The van der Waals surface area contributed by atoms with E-state index in [0.29, 0.717) is 17.1 Å². The van der Waals surface area contributed by atoms with Crippen molar-refractivity contribution in [2.75, 3.05) is 19.3 Å². The fourth-order valence-electron chi connectivity index (χ4n) is 2.34. The smallest absolute Gasteiger partial charge is 0.265 e. The van der Waals surface area contributed by atoms with Gasteiger partial charge in [0.25, 0.3) is 5.91 Å². The highest BCUT2D eigenvalue weighted by Gasteiger charge is 2.23. The number of benzene rings is 1. The van der Waals surface area contributed by atoms with Gasteiger partial charge in [0.15, 0.2) is 0 Å². The van der Waals surface area contributed by atoms with Gasteiger partial charge < -0.3 is 10.6 Å². The fourth-order valence-corrected chi connectivity index (χ4v) is 3.56. The van der Waals surface area contributed by atoms with Crippen LogP contribution >= 0.6 is 11.3 Å². The summed E-state index contributed by atoms with van der Waals surface area (Å²) in [7, 11) is 1.84. The summed E-state index contributed by atoms with van der Waals surface area (Å²) < 4.78 is 1.08. The minimum absolute atomic E-state index is 0.0104. The summed E-state index contributed by atoms with van der Waals surface area (Å²) >= 11 is 1.48. The molecule has 0 saturated carbocycles. The Morgan fingerprint density at radius 2 is 2.00 bits per heavy atom. The summed E-state index contributed by atoms with van der Waals surface area (Å²) in [5, 5.41) is 0.980. The SMILES string of the molecule is Cc1ccc2c(N)c(C(=O)N(C)CC(C)(C)C)sc2c1. The van der Waals surface area contributed by atoms with Crippen LogP contribution in [0.5, 0.6) is 0 Å². The van der Waals surface area contributed by atoms with Gasteiger partial charge in [0.05, 0.1) is 5.69 Å². The molecule has 2 N–H and O–H groups in total. The van der Waals surface area contributed by atoms with Gasteiger partial charge in [-0.05, 0) is 24.0 Å². The topological polar surface area (TPSA) is 46.3 Å². The molecule has 1 amide bonds. The summed E-state index contributed by atoms with van der Waals surface area (Å²) in [4.78, 5) is 15.0. The third kappa shape index (κ3) is 2.96. The Hall–Kier alpha value is -1.55. The van der Waals surface area contributed by atoms with E-state index in [1.165, 1.54) is 16.9 Å². The minimum atomic E-state index is 0.0104. The van der Waals surface area contributed by atoms with E-state index >= 15 is 0 Å². The number of hydrogen-bond acceptors (Lipinski definition) is 3. The van der Waals surface area contributed by atoms with Crippen LogP contribution < -0.4 is 5.73 Å². The highest BCUT2D eigenvalue weighted by molar-refractivity contribution is 7.21. The molecule has 0 saturated heterocycles. The number of thiophene rings is 1. The van der Waals surface area contributed by atoms with Crippen molar-refractivity contribution in [1.82, 2.24) is 4.90 Å². The van der Waals surface area contributed by atoms with Crippen LogP contribution in [0, 0.1) is 12.3 Å². The first-order chi connectivity index (χ1) is 9.19. The Morgan fingerprint density at radius 1 is 1.35 bits per heavy atom. The van der Waals surface area contributed by atoms with E-state index in [2.05, 4.69) is 26.8 Å². The van der Waals surface area contributed by atoms with E-state index in [1.807, 2.05) is 26.1 Å². The number of nitrogen functional groups attached to an aromatic ring is 1.